The van der Waals surface area contributed by atoms with Crippen molar-refractivity contribution in [3.8, 4) is 0 Å². The molecule has 0 spiro atoms. The Hall–Kier alpha value is -0.650. The molecule has 0 aromatic carbocycles. The molecule has 2 heterocycles. The largest absolute Gasteiger partial charge is 0.348 e. The Morgan fingerprint density at radius 2 is 2.00 bits per heavy atom. The van der Waals surface area contributed by atoms with Gasteiger partial charge in [-0.1, -0.05) is 13.8 Å². The highest BCUT2D eigenvalue weighted by molar-refractivity contribution is 7.15. The molecule has 0 aliphatic carbocycles. The summed E-state index contributed by atoms with van der Waals surface area (Å²) < 4.78 is 0. The number of rotatable bonds is 6. The van der Waals surface area contributed by atoms with Gasteiger partial charge in [0.05, 0.1) is 5.69 Å². The van der Waals surface area contributed by atoms with Gasteiger partial charge in [0.25, 0.3) is 0 Å². The maximum absolute atomic E-state index is 4.79. The molecule has 0 bridgehead atoms. The molecule has 0 saturated carbocycles. The van der Waals surface area contributed by atoms with Crippen LogP contribution in [0.1, 0.15) is 37.3 Å². The van der Waals surface area contributed by atoms with Crippen LogP contribution in [-0.4, -0.2) is 49.7 Å². The van der Waals surface area contributed by atoms with Crippen LogP contribution in [0, 0.1) is 12.8 Å². The summed E-state index contributed by atoms with van der Waals surface area (Å²) in [5.74, 6) is 0.847. The predicted molar refractivity (Wildman–Crippen MR) is 92.3 cm³/mol. The summed E-state index contributed by atoms with van der Waals surface area (Å²) >= 11 is 1.87. The summed E-state index contributed by atoms with van der Waals surface area (Å²) in [5.41, 5.74) is 1.19. The first-order chi connectivity index (χ1) is 9.95. The van der Waals surface area contributed by atoms with Crippen LogP contribution in [0.4, 0.5) is 5.13 Å². The van der Waals surface area contributed by atoms with Gasteiger partial charge in [0.1, 0.15) is 0 Å². The minimum Gasteiger partial charge on any atom is -0.348 e. The van der Waals surface area contributed by atoms with Crippen LogP contribution in [0.25, 0.3) is 0 Å². The highest BCUT2D eigenvalue weighted by Gasteiger charge is 2.22. The molecular formula is C16H30N4S. The molecule has 120 valence electrons. The van der Waals surface area contributed by atoms with Gasteiger partial charge in [0, 0.05) is 37.1 Å². The minimum absolute atomic E-state index is 0.525. The fourth-order valence-electron chi connectivity index (χ4n) is 2.83. The number of hydrogen-bond donors (Lipinski definition) is 1. The van der Waals surface area contributed by atoms with Crippen LogP contribution in [0.3, 0.4) is 0 Å². The average Bonchev–Trinajstić information content (AvgIpc) is 2.78. The van der Waals surface area contributed by atoms with Crippen LogP contribution in [-0.2, 0) is 6.54 Å². The van der Waals surface area contributed by atoms with E-state index in [9.17, 15) is 0 Å². The standard InChI is InChI=1S/C16H30N4S/c1-12(2)17-10-15-13(3)18-16(21-15)20-8-6-14(7-9-20)11-19(4)5/h12,14,17H,6-11H2,1-5H3. The first kappa shape index (κ1) is 16.7. The number of piperidine rings is 1. The van der Waals surface area contributed by atoms with E-state index in [0.29, 0.717) is 6.04 Å². The molecule has 0 unspecified atom stereocenters. The van der Waals surface area contributed by atoms with Crippen LogP contribution in [0.15, 0.2) is 0 Å². The number of aromatic nitrogens is 1. The van der Waals surface area contributed by atoms with Gasteiger partial charge in [-0.15, -0.1) is 11.3 Å². The van der Waals surface area contributed by atoms with E-state index in [0.717, 1.165) is 25.6 Å². The lowest BCUT2D eigenvalue weighted by molar-refractivity contribution is 0.285. The number of nitrogens with zero attached hydrogens (tertiary/aromatic N) is 3. The second kappa shape index (κ2) is 7.56. The second-order valence-electron chi connectivity index (χ2n) is 6.73. The van der Waals surface area contributed by atoms with Gasteiger partial charge in [-0.3, -0.25) is 0 Å². The van der Waals surface area contributed by atoms with Crippen LogP contribution in [0.2, 0.25) is 0 Å². The molecule has 1 aromatic heterocycles. The fourth-order valence-corrected chi connectivity index (χ4v) is 3.90. The normalized spacial score (nSPS) is 17.2. The molecule has 0 amide bonds. The number of thiazole rings is 1. The molecule has 1 aliphatic rings. The second-order valence-corrected chi connectivity index (χ2v) is 7.80. The lowest BCUT2D eigenvalue weighted by Crippen LogP contribution is -2.37. The summed E-state index contributed by atoms with van der Waals surface area (Å²) in [6, 6.07) is 0.525. The molecule has 1 N–H and O–H groups in total. The zero-order valence-corrected chi connectivity index (χ0v) is 15.0. The third-order valence-electron chi connectivity index (χ3n) is 4.06. The topological polar surface area (TPSA) is 31.4 Å². The van der Waals surface area contributed by atoms with Crippen molar-refractivity contribution >= 4 is 16.5 Å². The molecule has 4 nitrogen and oxygen atoms in total. The highest BCUT2D eigenvalue weighted by atomic mass is 32.1. The first-order valence-electron chi connectivity index (χ1n) is 8.05. The van der Waals surface area contributed by atoms with Crippen LogP contribution >= 0.6 is 11.3 Å². The van der Waals surface area contributed by atoms with E-state index in [1.807, 2.05) is 11.3 Å². The smallest absolute Gasteiger partial charge is 0.185 e. The fraction of sp³-hybridized carbons (Fsp3) is 0.812. The Labute approximate surface area is 133 Å². The minimum atomic E-state index is 0.525. The van der Waals surface area contributed by atoms with Gasteiger partial charge in [-0.05, 0) is 39.8 Å². The van der Waals surface area contributed by atoms with E-state index in [1.165, 1.54) is 35.1 Å². The molecule has 1 fully saturated rings. The monoisotopic (exact) mass is 310 g/mol. The molecule has 1 aliphatic heterocycles. The van der Waals surface area contributed by atoms with E-state index in [1.54, 1.807) is 0 Å². The number of hydrogen-bond acceptors (Lipinski definition) is 5. The predicted octanol–water partition coefficient (Wildman–Crippen LogP) is 2.73. The van der Waals surface area contributed by atoms with Gasteiger partial charge in [-0.2, -0.15) is 0 Å². The Morgan fingerprint density at radius 1 is 1.33 bits per heavy atom. The number of aryl methyl sites for hydroxylation is 1. The van der Waals surface area contributed by atoms with E-state index >= 15 is 0 Å². The lowest BCUT2D eigenvalue weighted by atomic mass is 9.97. The van der Waals surface area contributed by atoms with E-state index in [2.05, 4.69) is 50.0 Å². The van der Waals surface area contributed by atoms with E-state index in [4.69, 9.17) is 4.98 Å². The molecule has 1 saturated heterocycles. The third-order valence-corrected chi connectivity index (χ3v) is 5.28. The SMILES string of the molecule is Cc1nc(N2CCC(CN(C)C)CC2)sc1CNC(C)C. The number of nitrogens with one attached hydrogen (secondary N) is 1. The molecule has 0 atom stereocenters. The molecule has 1 aromatic rings. The number of anilines is 1. The van der Waals surface area contributed by atoms with Gasteiger partial charge < -0.3 is 15.1 Å². The molecule has 21 heavy (non-hydrogen) atoms. The van der Waals surface area contributed by atoms with Crippen molar-refractivity contribution in [2.75, 3.05) is 38.6 Å². The van der Waals surface area contributed by atoms with Crippen molar-refractivity contribution in [2.45, 2.75) is 46.2 Å². The summed E-state index contributed by atoms with van der Waals surface area (Å²) in [7, 11) is 4.34. The van der Waals surface area contributed by atoms with Crippen molar-refractivity contribution in [1.82, 2.24) is 15.2 Å². The molecular weight excluding hydrogens is 280 g/mol. The Kier molecular flexibility index (Phi) is 6.02. The Bertz CT molecular complexity index is 433. The summed E-state index contributed by atoms with van der Waals surface area (Å²) in [6.07, 6.45) is 2.58. The zero-order chi connectivity index (χ0) is 15.4. The Balaban J connectivity index is 1.90. The lowest BCUT2D eigenvalue weighted by Gasteiger charge is -2.33. The van der Waals surface area contributed by atoms with E-state index < -0.39 is 0 Å². The summed E-state index contributed by atoms with van der Waals surface area (Å²) in [5, 5.41) is 4.71. The van der Waals surface area contributed by atoms with Crippen molar-refractivity contribution < 1.29 is 0 Å². The van der Waals surface area contributed by atoms with Crippen molar-refractivity contribution in [3.05, 3.63) is 10.6 Å². The van der Waals surface area contributed by atoms with Crippen LogP contribution in [0.5, 0.6) is 0 Å². The van der Waals surface area contributed by atoms with Gasteiger partial charge in [0.15, 0.2) is 5.13 Å². The summed E-state index contributed by atoms with van der Waals surface area (Å²) in [4.78, 5) is 11.0. The average molecular weight is 311 g/mol. The highest BCUT2D eigenvalue weighted by Crippen LogP contribution is 2.29. The van der Waals surface area contributed by atoms with Crippen molar-refractivity contribution in [1.29, 1.82) is 0 Å². The van der Waals surface area contributed by atoms with Gasteiger partial charge >= 0.3 is 0 Å². The van der Waals surface area contributed by atoms with Crippen molar-refractivity contribution in [3.63, 3.8) is 0 Å². The molecule has 0 radical (unpaired) electrons. The molecule has 5 heteroatoms. The molecule has 2 rings (SSSR count). The van der Waals surface area contributed by atoms with Gasteiger partial charge in [-0.25, -0.2) is 4.98 Å². The van der Waals surface area contributed by atoms with Crippen molar-refractivity contribution in [2.24, 2.45) is 5.92 Å². The maximum Gasteiger partial charge on any atom is 0.185 e. The quantitative estimate of drug-likeness (QED) is 0.875. The van der Waals surface area contributed by atoms with Crippen LogP contribution < -0.4 is 10.2 Å². The van der Waals surface area contributed by atoms with E-state index in [-0.39, 0.29) is 0 Å². The van der Waals surface area contributed by atoms with Gasteiger partial charge in [0.2, 0.25) is 0 Å². The Morgan fingerprint density at radius 3 is 2.57 bits per heavy atom. The zero-order valence-electron chi connectivity index (χ0n) is 14.1. The third kappa shape index (κ3) is 4.94. The first-order valence-corrected chi connectivity index (χ1v) is 8.86. The maximum atomic E-state index is 4.79. The summed E-state index contributed by atoms with van der Waals surface area (Å²) in [6.45, 7) is 11.0.